The Kier molecular flexibility index (Phi) is 5.38. The molecule has 31 heavy (non-hydrogen) atoms. The van der Waals surface area contributed by atoms with Gasteiger partial charge in [-0.2, -0.15) is 0 Å². The van der Waals surface area contributed by atoms with Gasteiger partial charge in [0, 0.05) is 59.0 Å². The van der Waals surface area contributed by atoms with Gasteiger partial charge in [-0.3, -0.25) is 9.97 Å². The van der Waals surface area contributed by atoms with Gasteiger partial charge in [-0.05, 0) is 48.2 Å². The molecule has 1 fully saturated rings. The molecule has 5 nitrogen and oxygen atoms in total. The average molecular weight is 414 g/mol. The Morgan fingerprint density at radius 3 is 2.68 bits per heavy atom. The van der Waals surface area contributed by atoms with E-state index < -0.39 is 0 Å². The Balaban J connectivity index is 1.58. The molecule has 1 saturated carbocycles. The van der Waals surface area contributed by atoms with Crippen LogP contribution in [0.1, 0.15) is 29.7 Å². The van der Waals surface area contributed by atoms with Crippen molar-refractivity contribution < 1.29 is 4.39 Å². The van der Waals surface area contributed by atoms with E-state index in [1.807, 2.05) is 18.2 Å². The van der Waals surface area contributed by atoms with Crippen LogP contribution in [-0.4, -0.2) is 16.2 Å². The van der Waals surface area contributed by atoms with E-state index in [-0.39, 0.29) is 11.2 Å². The summed E-state index contributed by atoms with van der Waals surface area (Å²) in [6.45, 7) is 7.98. The molecule has 0 radical (unpaired) electrons. The zero-order chi connectivity index (χ0) is 22.0. The molecule has 0 unspecified atom stereocenters. The minimum absolute atomic E-state index is 0.0619. The maximum atomic E-state index is 14.9. The molecule has 0 aliphatic heterocycles. The number of hydrogen-bond donors (Lipinski definition) is 3. The van der Waals surface area contributed by atoms with Crippen LogP contribution < -0.4 is 11.1 Å². The number of aromatic nitrogens is 2. The third-order valence-corrected chi connectivity index (χ3v) is 5.86. The quantitative estimate of drug-likeness (QED) is 0.350. The third kappa shape index (κ3) is 3.97. The van der Waals surface area contributed by atoms with Crippen molar-refractivity contribution >= 4 is 28.4 Å². The number of allylic oxidation sites excluding steroid dienone is 2. The molecule has 1 aromatic carbocycles. The second kappa shape index (κ2) is 8.14. The molecular weight excluding hydrogens is 389 g/mol. The summed E-state index contributed by atoms with van der Waals surface area (Å²) in [6, 6.07) is 8.81. The molecular formula is C25H24FN5. The standard InChI is InChI=1S/C25H24FN5/c1-3-25(7-8-25)16(2)31-20-5-4-18(22(26)11-20)10-17-6-9-29-24-12-23(19(13-27)14-28)30-15-21(17)24/h3-6,9,11-15,27,31H,1-2,7-8,10,28H2/b19-14+,27-13?. The van der Waals surface area contributed by atoms with E-state index in [0.29, 0.717) is 28.9 Å². The van der Waals surface area contributed by atoms with Crippen molar-refractivity contribution in [2.75, 3.05) is 5.32 Å². The van der Waals surface area contributed by atoms with Crippen molar-refractivity contribution in [1.29, 1.82) is 5.41 Å². The predicted octanol–water partition coefficient (Wildman–Crippen LogP) is 5.20. The van der Waals surface area contributed by atoms with Gasteiger partial charge in [0.2, 0.25) is 0 Å². The van der Waals surface area contributed by atoms with Gasteiger partial charge >= 0.3 is 0 Å². The van der Waals surface area contributed by atoms with Crippen LogP contribution in [0.3, 0.4) is 0 Å². The number of hydrogen-bond acceptors (Lipinski definition) is 5. The fourth-order valence-corrected chi connectivity index (χ4v) is 3.65. The normalized spacial score (nSPS) is 14.8. The molecule has 156 valence electrons. The van der Waals surface area contributed by atoms with Gasteiger partial charge in [-0.25, -0.2) is 4.39 Å². The number of nitrogens with two attached hydrogens (primary N) is 1. The molecule has 0 bridgehead atoms. The minimum atomic E-state index is -0.284. The van der Waals surface area contributed by atoms with Crippen LogP contribution >= 0.6 is 0 Å². The van der Waals surface area contributed by atoms with E-state index in [1.165, 1.54) is 12.3 Å². The summed E-state index contributed by atoms with van der Waals surface area (Å²) in [7, 11) is 0. The summed E-state index contributed by atoms with van der Waals surface area (Å²) < 4.78 is 14.9. The van der Waals surface area contributed by atoms with E-state index in [9.17, 15) is 4.39 Å². The van der Waals surface area contributed by atoms with Gasteiger partial charge in [-0.1, -0.05) is 18.7 Å². The molecule has 4 rings (SSSR count). The molecule has 1 aliphatic carbocycles. The number of anilines is 1. The summed E-state index contributed by atoms with van der Waals surface area (Å²) in [5, 5.41) is 11.5. The largest absolute Gasteiger partial charge is 0.404 e. The highest BCUT2D eigenvalue weighted by Gasteiger charge is 2.42. The Hall–Kier alpha value is -3.80. The number of halogens is 1. The fourth-order valence-electron chi connectivity index (χ4n) is 3.65. The minimum Gasteiger partial charge on any atom is -0.404 e. The van der Waals surface area contributed by atoms with E-state index in [0.717, 1.165) is 41.2 Å². The van der Waals surface area contributed by atoms with Crippen molar-refractivity contribution in [3.63, 3.8) is 0 Å². The van der Waals surface area contributed by atoms with E-state index >= 15 is 0 Å². The van der Waals surface area contributed by atoms with Crippen LogP contribution in [0.2, 0.25) is 0 Å². The number of nitrogens with one attached hydrogen (secondary N) is 2. The summed E-state index contributed by atoms with van der Waals surface area (Å²) >= 11 is 0. The molecule has 4 N–H and O–H groups in total. The molecule has 0 atom stereocenters. The Labute approximate surface area is 180 Å². The van der Waals surface area contributed by atoms with Crippen molar-refractivity contribution in [3.05, 3.63) is 96.5 Å². The van der Waals surface area contributed by atoms with Crippen LogP contribution in [0.15, 0.2) is 73.9 Å². The summed E-state index contributed by atoms with van der Waals surface area (Å²) in [4.78, 5) is 8.79. The summed E-state index contributed by atoms with van der Waals surface area (Å²) in [5.74, 6) is -0.284. The maximum absolute atomic E-state index is 14.9. The molecule has 3 aromatic rings. The zero-order valence-corrected chi connectivity index (χ0v) is 17.2. The molecule has 1 aliphatic rings. The summed E-state index contributed by atoms with van der Waals surface area (Å²) in [6.07, 6.45) is 10.3. The van der Waals surface area contributed by atoms with Gasteiger partial charge in [0.05, 0.1) is 11.2 Å². The van der Waals surface area contributed by atoms with Gasteiger partial charge in [0.1, 0.15) is 5.82 Å². The van der Waals surface area contributed by atoms with Crippen LogP contribution in [0.4, 0.5) is 10.1 Å². The predicted molar refractivity (Wildman–Crippen MR) is 124 cm³/mol. The van der Waals surface area contributed by atoms with E-state index in [1.54, 1.807) is 24.5 Å². The number of benzene rings is 1. The van der Waals surface area contributed by atoms with E-state index in [2.05, 4.69) is 28.4 Å². The topological polar surface area (TPSA) is 87.7 Å². The van der Waals surface area contributed by atoms with Gasteiger partial charge in [-0.15, -0.1) is 6.58 Å². The maximum Gasteiger partial charge on any atom is 0.128 e. The third-order valence-electron chi connectivity index (χ3n) is 5.86. The first-order valence-electron chi connectivity index (χ1n) is 10.0. The first-order chi connectivity index (χ1) is 15.0. The number of nitrogens with zero attached hydrogens (tertiary/aromatic N) is 2. The monoisotopic (exact) mass is 413 g/mol. The van der Waals surface area contributed by atoms with Crippen molar-refractivity contribution in [1.82, 2.24) is 9.97 Å². The second-order valence-corrected chi connectivity index (χ2v) is 7.77. The number of pyridine rings is 2. The molecule has 6 heteroatoms. The highest BCUT2D eigenvalue weighted by Crippen LogP contribution is 2.52. The van der Waals surface area contributed by atoms with E-state index in [4.69, 9.17) is 11.1 Å². The smallest absolute Gasteiger partial charge is 0.128 e. The Morgan fingerprint density at radius 2 is 2.03 bits per heavy atom. The lowest BCUT2D eigenvalue weighted by molar-refractivity contribution is 0.614. The average Bonchev–Trinajstić information content (AvgIpc) is 3.58. The zero-order valence-electron chi connectivity index (χ0n) is 17.2. The SMILES string of the molecule is C=CC1(C(=C)Nc2ccc(Cc3ccnc4cc(/C(C=N)=C/N)ncc34)c(F)c2)CC1. The van der Waals surface area contributed by atoms with Crippen molar-refractivity contribution in [2.24, 2.45) is 11.1 Å². The summed E-state index contributed by atoms with van der Waals surface area (Å²) in [5.41, 5.74) is 10.3. The first-order valence-corrected chi connectivity index (χ1v) is 10.0. The number of fused-ring (bicyclic) bond motifs is 1. The molecule has 0 spiro atoms. The fraction of sp³-hybridized carbons (Fsp3) is 0.160. The first kappa shape index (κ1) is 20.5. The van der Waals surface area contributed by atoms with Crippen LogP contribution in [-0.2, 0) is 6.42 Å². The van der Waals surface area contributed by atoms with Gasteiger partial charge in [0.25, 0.3) is 0 Å². The number of rotatable bonds is 8. The Morgan fingerprint density at radius 1 is 1.23 bits per heavy atom. The lowest BCUT2D eigenvalue weighted by Crippen LogP contribution is -2.09. The second-order valence-electron chi connectivity index (χ2n) is 7.77. The van der Waals surface area contributed by atoms with Crippen molar-refractivity contribution in [3.8, 4) is 0 Å². The highest BCUT2D eigenvalue weighted by atomic mass is 19.1. The Bertz CT molecular complexity index is 1220. The molecule has 0 amide bonds. The van der Waals surface area contributed by atoms with Crippen LogP contribution in [0.25, 0.3) is 16.5 Å². The van der Waals surface area contributed by atoms with Crippen LogP contribution in [0.5, 0.6) is 0 Å². The van der Waals surface area contributed by atoms with Gasteiger partial charge in [0.15, 0.2) is 0 Å². The lowest BCUT2D eigenvalue weighted by Gasteiger charge is -2.17. The molecule has 2 heterocycles. The van der Waals surface area contributed by atoms with Crippen LogP contribution in [0, 0.1) is 16.6 Å². The molecule has 2 aromatic heterocycles. The van der Waals surface area contributed by atoms with Crippen molar-refractivity contribution in [2.45, 2.75) is 19.3 Å². The lowest BCUT2D eigenvalue weighted by atomic mass is 10.0. The molecule has 0 saturated heterocycles. The highest BCUT2D eigenvalue weighted by molar-refractivity contribution is 6.08. The van der Waals surface area contributed by atoms with Gasteiger partial charge < -0.3 is 16.5 Å².